The third-order valence-electron chi connectivity index (χ3n) is 3.29. The lowest BCUT2D eigenvalue weighted by molar-refractivity contribution is -0.141. The topological polar surface area (TPSA) is 69.6 Å². The number of carboxylic acid groups (broad SMARTS) is 1. The van der Waals surface area contributed by atoms with Gasteiger partial charge in [-0.25, -0.2) is 0 Å². The van der Waals surface area contributed by atoms with Crippen molar-refractivity contribution in [1.29, 1.82) is 0 Å². The minimum Gasteiger partial charge on any atom is -0.480 e. The summed E-state index contributed by atoms with van der Waals surface area (Å²) in [6.07, 6.45) is 2.60. The van der Waals surface area contributed by atoms with Crippen LogP contribution in [0.25, 0.3) is 0 Å². The van der Waals surface area contributed by atoms with E-state index in [0.29, 0.717) is 0 Å². The summed E-state index contributed by atoms with van der Waals surface area (Å²) in [6.45, 7) is 9.45. The maximum atomic E-state index is 12.0. The van der Waals surface area contributed by atoms with Gasteiger partial charge in [0.25, 0.3) is 0 Å². The third kappa shape index (κ3) is 6.57. The Kier molecular flexibility index (Phi) is 9.21. The fraction of sp³-hybridized carbons (Fsp3) is 0.857. The fourth-order valence-corrected chi connectivity index (χ4v) is 1.98. The van der Waals surface area contributed by atoms with Crippen molar-refractivity contribution < 1.29 is 14.7 Å². The fourth-order valence-electron chi connectivity index (χ4n) is 1.98. The van der Waals surface area contributed by atoms with Gasteiger partial charge in [-0.15, -0.1) is 0 Å². The summed E-state index contributed by atoms with van der Waals surface area (Å²) in [5.41, 5.74) is 0. The molecular formula is C14H28N2O3. The van der Waals surface area contributed by atoms with Crippen LogP contribution in [0.15, 0.2) is 0 Å². The molecule has 2 N–H and O–H groups in total. The number of carboxylic acids is 1. The smallest absolute Gasteiger partial charge is 0.320 e. The molecule has 5 nitrogen and oxygen atoms in total. The average Bonchev–Trinajstić information content (AvgIpc) is 2.37. The van der Waals surface area contributed by atoms with E-state index >= 15 is 0 Å². The molecule has 0 fully saturated rings. The Morgan fingerprint density at radius 2 is 1.68 bits per heavy atom. The largest absolute Gasteiger partial charge is 0.480 e. The van der Waals surface area contributed by atoms with Crippen molar-refractivity contribution in [3.63, 3.8) is 0 Å². The molecule has 0 saturated heterocycles. The minimum absolute atomic E-state index is 0.0103. The lowest BCUT2D eigenvalue weighted by atomic mass is 9.99. The van der Waals surface area contributed by atoms with Crippen LogP contribution in [0.3, 0.4) is 0 Å². The number of aliphatic carboxylic acids is 1. The van der Waals surface area contributed by atoms with Gasteiger partial charge in [-0.1, -0.05) is 34.1 Å². The molecule has 0 aliphatic heterocycles. The van der Waals surface area contributed by atoms with E-state index in [2.05, 4.69) is 5.32 Å². The van der Waals surface area contributed by atoms with Gasteiger partial charge in [0.05, 0.1) is 6.54 Å². The molecule has 0 aromatic carbocycles. The van der Waals surface area contributed by atoms with E-state index in [4.69, 9.17) is 5.11 Å². The van der Waals surface area contributed by atoms with Crippen LogP contribution >= 0.6 is 0 Å². The number of nitrogens with one attached hydrogen (secondary N) is 1. The monoisotopic (exact) mass is 272 g/mol. The molecule has 112 valence electrons. The molecule has 19 heavy (non-hydrogen) atoms. The Hall–Kier alpha value is -1.10. The van der Waals surface area contributed by atoms with Crippen molar-refractivity contribution in [2.45, 2.75) is 53.0 Å². The molecule has 0 aromatic rings. The van der Waals surface area contributed by atoms with Crippen LogP contribution in [0.2, 0.25) is 0 Å². The van der Waals surface area contributed by atoms with E-state index in [1.54, 1.807) is 4.90 Å². The molecular weight excluding hydrogens is 244 g/mol. The molecule has 0 aliphatic rings. The Morgan fingerprint density at radius 1 is 1.16 bits per heavy atom. The van der Waals surface area contributed by atoms with Gasteiger partial charge in [-0.2, -0.15) is 0 Å². The summed E-state index contributed by atoms with van der Waals surface area (Å²) in [7, 11) is 0. The average molecular weight is 272 g/mol. The molecule has 0 heterocycles. The summed E-state index contributed by atoms with van der Waals surface area (Å²) in [6, 6.07) is -0.654. The van der Waals surface area contributed by atoms with Gasteiger partial charge in [-0.3, -0.25) is 14.9 Å². The summed E-state index contributed by atoms with van der Waals surface area (Å²) < 4.78 is 0. The number of hydrogen-bond acceptors (Lipinski definition) is 3. The SMILES string of the molecule is CCCN(CCC)C(=O)CN[C@H](C(=O)O)[C@@H](C)CC. The first-order chi connectivity index (χ1) is 8.97. The van der Waals surface area contributed by atoms with E-state index in [0.717, 1.165) is 32.4 Å². The van der Waals surface area contributed by atoms with E-state index in [-0.39, 0.29) is 18.4 Å². The molecule has 1 amide bonds. The van der Waals surface area contributed by atoms with Gasteiger partial charge in [0, 0.05) is 13.1 Å². The lowest BCUT2D eigenvalue weighted by Gasteiger charge is -2.24. The van der Waals surface area contributed by atoms with E-state index in [9.17, 15) is 9.59 Å². The van der Waals surface area contributed by atoms with Crippen LogP contribution < -0.4 is 5.32 Å². The van der Waals surface area contributed by atoms with Crippen molar-refractivity contribution in [2.24, 2.45) is 5.92 Å². The zero-order valence-electron chi connectivity index (χ0n) is 12.6. The number of rotatable bonds is 10. The molecule has 0 unspecified atom stereocenters. The molecule has 0 aromatic heterocycles. The predicted molar refractivity (Wildman–Crippen MR) is 76.0 cm³/mol. The van der Waals surface area contributed by atoms with Gasteiger partial charge in [0.2, 0.25) is 5.91 Å². The zero-order valence-corrected chi connectivity index (χ0v) is 12.6. The van der Waals surface area contributed by atoms with Crippen LogP contribution in [0, 0.1) is 5.92 Å². The Bertz CT molecular complexity index is 276. The van der Waals surface area contributed by atoms with E-state index in [1.165, 1.54) is 0 Å². The van der Waals surface area contributed by atoms with Crippen molar-refractivity contribution in [3.8, 4) is 0 Å². The second kappa shape index (κ2) is 9.78. The molecule has 0 saturated carbocycles. The highest BCUT2D eigenvalue weighted by Crippen LogP contribution is 2.07. The maximum absolute atomic E-state index is 12.0. The number of nitrogens with zero attached hydrogens (tertiary/aromatic N) is 1. The van der Waals surface area contributed by atoms with Crippen LogP contribution in [-0.2, 0) is 9.59 Å². The molecule has 2 atom stereocenters. The third-order valence-corrected chi connectivity index (χ3v) is 3.29. The Morgan fingerprint density at radius 3 is 2.05 bits per heavy atom. The van der Waals surface area contributed by atoms with Gasteiger partial charge < -0.3 is 10.0 Å². The second-order valence-electron chi connectivity index (χ2n) is 4.96. The lowest BCUT2D eigenvalue weighted by Crippen LogP contribution is -2.47. The number of hydrogen-bond donors (Lipinski definition) is 2. The first-order valence-electron chi connectivity index (χ1n) is 7.21. The summed E-state index contributed by atoms with van der Waals surface area (Å²) >= 11 is 0. The van der Waals surface area contributed by atoms with Crippen molar-refractivity contribution in [3.05, 3.63) is 0 Å². The number of carbonyl (C=O) groups is 2. The molecule has 0 radical (unpaired) electrons. The van der Waals surface area contributed by atoms with Gasteiger partial charge in [0.1, 0.15) is 6.04 Å². The predicted octanol–water partition coefficient (Wildman–Crippen LogP) is 1.72. The highest BCUT2D eigenvalue weighted by atomic mass is 16.4. The standard InChI is InChI=1S/C14H28N2O3/c1-5-8-16(9-6-2)12(17)10-15-13(14(18)19)11(4)7-3/h11,13,15H,5-10H2,1-4H3,(H,18,19)/t11-,13-/m0/s1. The normalized spacial score (nSPS) is 13.9. The summed E-state index contributed by atoms with van der Waals surface area (Å²) in [5.74, 6) is -0.894. The van der Waals surface area contributed by atoms with Crippen LogP contribution in [0.1, 0.15) is 47.0 Å². The highest BCUT2D eigenvalue weighted by Gasteiger charge is 2.24. The van der Waals surface area contributed by atoms with Gasteiger partial charge in [0.15, 0.2) is 0 Å². The van der Waals surface area contributed by atoms with Crippen molar-refractivity contribution in [2.75, 3.05) is 19.6 Å². The summed E-state index contributed by atoms with van der Waals surface area (Å²) in [5, 5.41) is 12.0. The number of carbonyl (C=O) groups excluding carboxylic acids is 1. The molecule has 0 spiro atoms. The molecule has 0 rings (SSSR count). The van der Waals surface area contributed by atoms with Crippen LogP contribution in [-0.4, -0.2) is 47.6 Å². The first kappa shape index (κ1) is 17.9. The van der Waals surface area contributed by atoms with E-state index < -0.39 is 12.0 Å². The Labute approximate surface area is 116 Å². The zero-order chi connectivity index (χ0) is 14.8. The Balaban J connectivity index is 4.40. The van der Waals surface area contributed by atoms with Crippen molar-refractivity contribution >= 4 is 11.9 Å². The van der Waals surface area contributed by atoms with Crippen molar-refractivity contribution in [1.82, 2.24) is 10.2 Å². The van der Waals surface area contributed by atoms with Gasteiger partial charge >= 0.3 is 5.97 Å². The summed E-state index contributed by atoms with van der Waals surface area (Å²) in [4.78, 5) is 25.0. The quantitative estimate of drug-likeness (QED) is 0.635. The molecule has 5 heteroatoms. The highest BCUT2D eigenvalue weighted by molar-refractivity contribution is 5.80. The van der Waals surface area contributed by atoms with Gasteiger partial charge in [-0.05, 0) is 18.8 Å². The number of amides is 1. The van der Waals surface area contributed by atoms with Crippen LogP contribution in [0.5, 0.6) is 0 Å². The van der Waals surface area contributed by atoms with E-state index in [1.807, 2.05) is 27.7 Å². The maximum Gasteiger partial charge on any atom is 0.320 e. The van der Waals surface area contributed by atoms with Crippen LogP contribution in [0.4, 0.5) is 0 Å². The minimum atomic E-state index is -0.889. The molecule has 0 bridgehead atoms. The molecule has 0 aliphatic carbocycles. The second-order valence-corrected chi connectivity index (χ2v) is 4.96. The first-order valence-corrected chi connectivity index (χ1v) is 7.21.